The van der Waals surface area contributed by atoms with Crippen LogP contribution in [-0.4, -0.2) is 122 Å². The molecule has 1 aromatic carbocycles. The van der Waals surface area contributed by atoms with Gasteiger partial charge in [0.2, 0.25) is 0 Å². The molecule has 2 aliphatic rings. The second kappa shape index (κ2) is 9.58. The van der Waals surface area contributed by atoms with Gasteiger partial charge in [-0.05, 0) is 0 Å². The van der Waals surface area contributed by atoms with Crippen LogP contribution in [0.1, 0.15) is 6.23 Å². The van der Waals surface area contributed by atoms with Gasteiger partial charge in [-0.25, -0.2) is 0 Å². The van der Waals surface area contributed by atoms with Crippen LogP contribution >= 0.6 is 0 Å². The van der Waals surface area contributed by atoms with Crippen molar-refractivity contribution in [2.75, 3.05) is 13.2 Å². The van der Waals surface area contributed by atoms with Crippen molar-refractivity contribution in [1.82, 2.24) is 3.56 Å². The van der Waals surface area contributed by atoms with Crippen molar-refractivity contribution in [2.45, 2.75) is 61.3 Å². The molecule has 2 fully saturated rings. The van der Waals surface area contributed by atoms with E-state index in [1.807, 2.05) is 0 Å². The van der Waals surface area contributed by atoms with E-state index < -0.39 is 89.3 Å². The van der Waals surface area contributed by atoms with E-state index in [1.165, 1.54) is 3.56 Å². The van der Waals surface area contributed by atoms with Crippen LogP contribution in [0.25, 0.3) is 9.65 Å². The Balaban J connectivity index is 1.57. The molecule has 2 aromatic rings. The summed E-state index contributed by atoms with van der Waals surface area (Å²) in [6, 6.07) is 6.93. The summed E-state index contributed by atoms with van der Waals surface area (Å²) >= 11 is -0.524. The number of benzene rings is 1. The van der Waals surface area contributed by atoms with Gasteiger partial charge < -0.3 is 0 Å². The van der Waals surface area contributed by atoms with E-state index in [0.717, 1.165) is 4.26 Å². The van der Waals surface area contributed by atoms with Crippen LogP contribution in [0.3, 0.4) is 0 Å². The molecule has 1 aromatic heterocycles. The van der Waals surface area contributed by atoms with E-state index in [4.69, 9.17) is 14.2 Å². The Morgan fingerprint density at radius 1 is 0.875 bits per heavy atom. The summed E-state index contributed by atoms with van der Waals surface area (Å²) in [6.45, 7) is -1.34. The van der Waals surface area contributed by atoms with Gasteiger partial charge in [0.15, 0.2) is 0 Å². The van der Waals surface area contributed by atoms with Gasteiger partial charge in [-0.2, -0.15) is 0 Å². The van der Waals surface area contributed by atoms with Crippen molar-refractivity contribution in [3.05, 3.63) is 34.6 Å². The molecule has 2 saturated heterocycles. The average Bonchev–Trinajstić information content (AvgIpc) is 3.13. The second-order valence-electron chi connectivity index (χ2n) is 7.75. The third kappa shape index (κ3) is 4.09. The molecule has 2 aliphatic heterocycles. The molecular formula is C19H25NO11Se. The summed E-state index contributed by atoms with van der Waals surface area (Å²) in [5.74, 6) is 0. The average molecular weight is 522 g/mol. The molecule has 0 saturated carbocycles. The van der Waals surface area contributed by atoms with E-state index in [1.54, 1.807) is 24.3 Å². The molecule has 13 heteroatoms. The first-order valence-electron chi connectivity index (χ1n) is 9.97. The fourth-order valence-electron chi connectivity index (χ4n) is 3.92. The fraction of sp³-hybridized carbons (Fsp3) is 0.632. The monoisotopic (exact) mass is 523 g/mol. The van der Waals surface area contributed by atoms with E-state index in [9.17, 15) is 40.5 Å². The van der Waals surface area contributed by atoms with Crippen molar-refractivity contribution in [3.63, 3.8) is 0 Å². The van der Waals surface area contributed by atoms with Gasteiger partial charge >= 0.3 is 187 Å². The van der Waals surface area contributed by atoms with Gasteiger partial charge in [-0.3, -0.25) is 0 Å². The first kappa shape index (κ1) is 24.0. The molecule has 7 N–H and O–H groups in total. The molecule has 0 bridgehead atoms. The zero-order chi connectivity index (χ0) is 23.2. The van der Waals surface area contributed by atoms with Crippen LogP contribution in [-0.2, 0) is 14.2 Å². The van der Waals surface area contributed by atoms with Gasteiger partial charge in [-0.1, -0.05) is 0 Å². The van der Waals surface area contributed by atoms with Gasteiger partial charge in [0, 0.05) is 0 Å². The molecule has 0 aliphatic carbocycles. The Kier molecular flexibility index (Phi) is 7.17. The number of aliphatic hydroxyl groups excluding tert-OH is 7. The predicted molar refractivity (Wildman–Crippen MR) is 107 cm³/mol. The van der Waals surface area contributed by atoms with Crippen LogP contribution in [0.5, 0.6) is 0 Å². The van der Waals surface area contributed by atoms with Crippen molar-refractivity contribution < 1.29 is 50.0 Å². The fourth-order valence-corrected chi connectivity index (χ4v) is 6.15. The number of nitrogens with zero attached hydrogens (tertiary/aromatic N) is 1. The van der Waals surface area contributed by atoms with E-state index in [0.29, 0.717) is 5.39 Å². The summed E-state index contributed by atoms with van der Waals surface area (Å²) in [4.78, 5) is 12.8. The summed E-state index contributed by atoms with van der Waals surface area (Å²) in [5.41, 5.74) is -0.373. The van der Waals surface area contributed by atoms with Crippen LogP contribution in [0, 0.1) is 0 Å². The molecule has 0 spiro atoms. The Bertz CT molecular complexity index is 978. The number of fused-ring (bicyclic) bond motifs is 1. The quantitative estimate of drug-likeness (QED) is 0.189. The minimum atomic E-state index is -1.74. The Morgan fingerprint density at radius 3 is 2.22 bits per heavy atom. The first-order chi connectivity index (χ1) is 15.3. The predicted octanol–water partition coefficient (Wildman–Crippen LogP) is -4.14. The molecule has 32 heavy (non-hydrogen) atoms. The molecule has 12 nitrogen and oxygen atoms in total. The molecular weight excluding hydrogens is 497 g/mol. The standard InChI is InChI=1S/C19H25NO11Se/c21-5-8-11(23)12(24)15(27)19(30-8)31-16-9(6-22)29-18(14(26)13(16)25)20-17(28)7-3-1-2-4-10(7)32-20/h1-4,8-9,11-16,18-19,21-27H,5-6H2/t8-,9-,11-,12+,13-,14-,15-,16-,18-,19+/m1/s1. The number of hydrogen-bond acceptors (Lipinski definition) is 11. The molecule has 0 unspecified atom stereocenters. The van der Waals surface area contributed by atoms with Crippen LogP contribution in [0.15, 0.2) is 29.1 Å². The molecule has 3 heterocycles. The van der Waals surface area contributed by atoms with Gasteiger partial charge in [0.1, 0.15) is 0 Å². The number of ether oxygens (including phenoxy) is 3. The topological polar surface area (TPSA) is 191 Å². The molecule has 178 valence electrons. The summed E-state index contributed by atoms with van der Waals surface area (Å²) < 4.78 is 18.6. The summed E-state index contributed by atoms with van der Waals surface area (Å²) in [6.07, 6.45) is -15.1. The zero-order valence-electron chi connectivity index (χ0n) is 16.6. The van der Waals surface area contributed by atoms with Gasteiger partial charge in [0.25, 0.3) is 0 Å². The Morgan fingerprint density at radius 2 is 1.56 bits per heavy atom. The molecule has 10 atom stereocenters. The molecule has 0 radical (unpaired) electrons. The van der Waals surface area contributed by atoms with E-state index in [2.05, 4.69) is 0 Å². The van der Waals surface area contributed by atoms with Crippen molar-refractivity contribution in [2.24, 2.45) is 0 Å². The second-order valence-corrected chi connectivity index (χ2v) is 9.88. The molecule has 0 amide bonds. The van der Waals surface area contributed by atoms with E-state index >= 15 is 0 Å². The number of aromatic nitrogens is 1. The third-order valence-electron chi connectivity index (χ3n) is 5.72. The number of hydrogen-bond donors (Lipinski definition) is 7. The van der Waals surface area contributed by atoms with Gasteiger partial charge in [0.05, 0.1) is 0 Å². The van der Waals surface area contributed by atoms with Crippen LogP contribution in [0.2, 0.25) is 0 Å². The maximum atomic E-state index is 12.8. The maximum absolute atomic E-state index is 12.8. The molecule has 4 rings (SSSR count). The van der Waals surface area contributed by atoms with Gasteiger partial charge in [-0.15, -0.1) is 0 Å². The van der Waals surface area contributed by atoms with Crippen molar-refractivity contribution in [3.8, 4) is 0 Å². The van der Waals surface area contributed by atoms with E-state index in [-0.39, 0.29) is 5.56 Å². The summed E-state index contributed by atoms with van der Waals surface area (Å²) in [5, 5.41) is 71.1. The Labute approximate surface area is 187 Å². The Hall–Kier alpha value is -1.19. The third-order valence-corrected chi connectivity index (χ3v) is 8.08. The van der Waals surface area contributed by atoms with Crippen LogP contribution in [0.4, 0.5) is 0 Å². The van der Waals surface area contributed by atoms with Crippen LogP contribution < -0.4 is 5.56 Å². The number of aliphatic hydroxyl groups is 7. The number of rotatable bonds is 5. The first-order valence-corrected chi connectivity index (χ1v) is 11.6. The zero-order valence-corrected chi connectivity index (χ0v) is 18.3. The normalized spacial score (nSPS) is 40.6. The SMILES string of the molecule is O=c1c2ccccc2[se]n1[C@@H]1O[C@H](CO)[C@@H](O[C@@H]2O[C@H](CO)[C@@H](O)[C@H](O)[C@H]2O)[C@H](O)[C@H]1O. The van der Waals surface area contributed by atoms with Crippen molar-refractivity contribution in [1.29, 1.82) is 0 Å². The summed E-state index contributed by atoms with van der Waals surface area (Å²) in [7, 11) is 0. The minimum absolute atomic E-state index is 0.373. The van der Waals surface area contributed by atoms with Crippen molar-refractivity contribution >= 4 is 24.4 Å².